The smallest absolute Gasteiger partial charge is 0.153 e. The van der Waals surface area contributed by atoms with E-state index in [-0.39, 0.29) is 16.8 Å². The Morgan fingerprint density at radius 2 is 2.21 bits per heavy atom. The molecule has 0 N–H and O–H groups in total. The Hall–Kier alpha value is -0.590. The van der Waals surface area contributed by atoms with Gasteiger partial charge in [0.2, 0.25) is 0 Å². The second kappa shape index (κ2) is 4.20. The number of rotatable bonds is 1. The van der Waals surface area contributed by atoms with Crippen molar-refractivity contribution in [1.82, 2.24) is 0 Å². The van der Waals surface area contributed by atoms with E-state index in [4.69, 9.17) is 12.2 Å². The summed E-state index contributed by atoms with van der Waals surface area (Å²) in [6, 6.07) is 8.07. The van der Waals surface area contributed by atoms with Gasteiger partial charge in [0, 0.05) is 5.69 Å². The predicted octanol–water partition coefficient (Wildman–Crippen LogP) is 2.39. The summed E-state index contributed by atoms with van der Waals surface area (Å²) >= 11 is 6.99. The number of aryl methyl sites for hydroxylation is 1. The Morgan fingerprint density at radius 3 is 2.89 bits per heavy atom. The van der Waals surface area contributed by atoms with Crippen LogP contribution in [0.25, 0.3) is 0 Å². The summed E-state index contributed by atoms with van der Waals surface area (Å²) in [6.07, 6.45) is 0. The molecule has 0 unspecified atom stereocenters. The standard InChI is InChI=1S/C13H15NO2S3/c1-9-4-3-5-10(6-9)14-12(17)18-11-7-19(15,16)8-13(11,14)2/h3-6,11H,7-8H2,1-2H3/t11-,13+/m0/s1. The second-order valence-corrected chi connectivity index (χ2v) is 9.40. The fourth-order valence-electron chi connectivity index (χ4n) is 2.93. The van der Waals surface area contributed by atoms with Gasteiger partial charge in [0.15, 0.2) is 9.84 Å². The van der Waals surface area contributed by atoms with E-state index in [1.807, 2.05) is 36.9 Å². The Balaban J connectivity index is 2.08. The monoisotopic (exact) mass is 313 g/mol. The molecule has 0 aliphatic carbocycles. The maximum atomic E-state index is 11.9. The van der Waals surface area contributed by atoms with Gasteiger partial charge in [-0.2, -0.15) is 0 Å². The van der Waals surface area contributed by atoms with Crippen molar-refractivity contribution in [3.05, 3.63) is 29.8 Å². The van der Waals surface area contributed by atoms with Crippen molar-refractivity contribution in [3.8, 4) is 0 Å². The van der Waals surface area contributed by atoms with Crippen molar-refractivity contribution in [3.63, 3.8) is 0 Å². The molecule has 102 valence electrons. The fourth-order valence-corrected chi connectivity index (χ4v) is 7.85. The number of benzene rings is 1. The minimum atomic E-state index is -2.96. The number of hydrogen-bond acceptors (Lipinski definition) is 4. The van der Waals surface area contributed by atoms with Gasteiger partial charge in [-0.05, 0) is 31.5 Å². The van der Waals surface area contributed by atoms with Crippen LogP contribution in [0.15, 0.2) is 24.3 Å². The van der Waals surface area contributed by atoms with Crippen molar-refractivity contribution >= 4 is 43.8 Å². The van der Waals surface area contributed by atoms with Crippen LogP contribution in [-0.4, -0.2) is 35.0 Å². The molecule has 0 amide bonds. The lowest BCUT2D eigenvalue weighted by Gasteiger charge is -2.34. The first kappa shape index (κ1) is 13.4. The Bertz CT molecular complexity index is 656. The number of anilines is 1. The molecule has 1 aromatic carbocycles. The molecular weight excluding hydrogens is 298 g/mol. The summed E-state index contributed by atoms with van der Waals surface area (Å²) in [6.45, 7) is 4.04. The molecule has 2 fully saturated rings. The van der Waals surface area contributed by atoms with Gasteiger partial charge in [-0.25, -0.2) is 8.42 Å². The van der Waals surface area contributed by atoms with Crippen LogP contribution in [0, 0.1) is 6.92 Å². The molecule has 0 saturated carbocycles. The number of sulfone groups is 1. The molecule has 3 nitrogen and oxygen atoms in total. The molecule has 2 heterocycles. The highest BCUT2D eigenvalue weighted by Crippen LogP contribution is 2.48. The summed E-state index contributed by atoms with van der Waals surface area (Å²) in [5.41, 5.74) is 1.74. The quantitative estimate of drug-likeness (QED) is 0.744. The molecule has 0 bridgehead atoms. The lowest BCUT2D eigenvalue weighted by atomic mass is 9.98. The van der Waals surface area contributed by atoms with E-state index in [1.165, 1.54) is 11.8 Å². The zero-order valence-corrected chi connectivity index (χ0v) is 13.2. The van der Waals surface area contributed by atoms with Crippen LogP contribution in [0.5, 0.6) is 0 Å². The third-order valence-electron chi connectivity index (χ3n) is 3.81. The van der Waals surface area contributed by atoms with E-state index in [0.29, 0.717) is 0 Å². The van der Waals surface area contributed by atoms with Gasteiger partial charge in [0.25, 0.3) is 0 Å². The Labute approximate surface area is 123 Å². The van der Waals surface area contributed by atoms with Gasteiger partial charge in [-0.15, -0.1) is 0 Å². The largest absolute Gasteiger partial charge is 0.319 e. The third-order valence-corrected chi connectivity index (χ3v) is 7.70. The van der Waals surface area contributed by atoms with E-state index < -0.39 is 15.4 Å². The van der Waals surface area contributed by atoms with Gasteiger partial charge in [0.1, 0.15) is 4.32 Å². The average molecular weight is 313 g/mol. The van der Waals surface area contributed by atoms with Crippen LogP contribution in [0.4, 0.5) is 5.69 Å². The summed E-state index contributed by atoms with van der Waals surface area (Å²) in [4.78, 5) is 2.04. The van der Waals surface area contributed by atoms with E-state index in [1.54, 1.807) is 0 Å². The molecular formula is C13H15NO2S3. The lowest BCUT2D eigenvalue weighted by molar-refractivity contribution is 0.550. The molecule has 2 aliphatic rings. The summed E-state index contributed by atoms with van der Waals surface area (Å²) < 4.78 is 24.6. The Morgan fingerprint density at radius 1 is 1.47 bits per heavy atom. The molecule has 0 aromatic heterocycles. The third kappa shape index (κ3) is 2.10. The van der Waals surface area contributed by atoms with Crippen LogP contribution >= 0.6 is 24.0 Å². The first-order chi connectivity index (χ1) is 8.82. The van der Waals surface area contributed by atoms with E-state index in [2.05, 4.69) is 6.07 Å². The molecule has 0 spiro atoms. The van der Waals surface area contributed by atoms with Gasteiger partial charge >= 0.3 is 0 Å². The van der Waals surface area contributed by atoms with Crippen LogP contribution in [-0.2, 0) is 9.84 Å². The highest BCUT2D eigenvalue weighted by Gasteiger charge is 2.57. The fraction of sp³-hybridized carbons (Fsp3) is 0.462. The molecule has 19 heavy (non-hydrogen) atoms. The van der Waals surface area contributed by atoms with E-state index in [9.17, 15) is 8.42 Å². The average Bonchev–Trinajstić information content (AvgIpc) is 2.60. The number of thiocarbonyl (C=S) groups is 1. The van der Waals surface area contributed by atoms with Crippen molar-refractivity contribution in [1.29, 1.82) is 0 Å². The highest BCUT2D eigenvalue weighted by molar-refractivity contribution is 8.24. The van der Waals surface area contributed by atoms with E-state index in [0.717, 1.165) is 15.6 Å². The minimum Gasteiger partial charge on any atom is -0.319 e. The van der Waals surface area contributed by atoms with Crippen molar-refractivity contribution in [2.45, 2.75) is 24.6 Å². The van der Waals surface area contributed by atoms with Gasteiger partial charge in [-0.1, -0.05) is 36.1 Å². The number of fused-ring (bicyclic) bond motifs is 1. The summed E-state index contributed by atoms with van der Waals surface area (Å²) in [5, 5.41) is 0.0468. The molecule has 6 heteroatoms. The normalized spacial score (nSPS) is 32.6. The van der Waals surface area contributed by atoms with Crippen molar-refractivity contribution in [2.24, 2.45) is 0 Å². The molecule has 2 atom stereocenters. The molecule has 0 radical (unpaired) electrons. The van der Waals surface area contributed by atoms with Crippen LogP contribution < -0.4 is 4.90 Å². The van der Waals surface area contributed by atoms with Crippen molar-refractivity contribution in [2.75, 3.05) is 16.4 Å². The first-order valence-electron chi connectivity index (χ1n) is 6.10. The SMILES string of the molecule is Cc1cccc(N2C(=S)S[C@H]3CS(=O)(=O)C[C@]32C)c1. The molecule has 1 aromatic rings. The Kier molecular flexibility index (Phi) is 2.96. The van der Waals surface area contributed by atoms with Gasteiger partial charge in [-0.3, -0.25) is 0 Å². The predicted molar refractivity (Wildman–Crippen MR) is 84.7 cm³/mol. The molecule has 2 saturated heterocycles. The lowest BCUT2D eigenvalue weighted by Crippen LogP contribution is -2.49. The van der Waals surface area contributed by atoms with E-state index >= 15 is 0 Å². The zero-order chi connectivity index (χ0) is 13.8. The van der Waals surface area contributed by atoms with Crippen molar-refractivity contribution < 1.29 is 8.42 Å². The second-order valence-electron chi connectivity index (χ2n) is 5.46. The number of thioether (sulfide) groups is 1. The minimum absolute atomic E-state index is 0.0468. The topological polar surface area (TPSA) is 37.4 Å². The number of hydrogen-bond donors (Lipinski definition) is 0. The highest BCUT2D eigenvalue weighted by atomic mass is 32.2. The van der Waals surface area contributed by atoms with Crippen LogP contribution in [0.2, 0.25) is 0 Å². The van der Waals surface area contributed by atoms with Gasteiger partial charge < -0.3 is 4.90 Å². The molecule has 3 rings (SSSR count). The maximum absolute atomic E-state index is 11.9. The molecule has 2 aliphatic heterocycles. The van der Waals surface area contributed by atoms with Gasteiger partial charge in [0.05, 0.1) is 22.3 Å². The maximum Gasteiger partial charge on any atom is 0.153 e. The number of nitrogens with zero attached hydrogens (tertiary/aromatic N) is 1. The summed E-state index contributed by atoms with van der Waals surface area (Å²) in [7, 11) is -2.96. The van der Waals surface area contributed by atoms with Crippen LogP contribution in [0.3, 0.4) is 0 Å². The summed E-state index contributed by atoms with van der Waals surface area (Å²) in [5.74, 6) is 0.419. The zero-order valence-electron chi connectivity index (χ0n) is 10.8. The first-order valence-corrected chi connectivity index (χ1v) is 9.21. The van der Waals surface area contributed by atoms with Crippen LogP contribution in [0.1, 0.15) is 12.5 Å².